The number of carbonyl (C=O) groups excluding carboxylic acids is 1. The molecule has 0 aliphatic heterocycles. The molecule has 0 aromatic heterocycles. The van der Waals surface area contributed by atoms with Gasteiger partial charge in [-0.15, -0.1) is 0 Å². The molecule has 0 heterocycles. The molecule has 104 valence electrons. The van der Waals surface area contributed by atoms with Gasteiger partial charge >= 0.3 is 0 Å². The molecule has 0 bridgehead atoms. The highest BCUT2D eigenvalue weighted by molar-refractivity contribution is 6.31. The summed E-state index contributed by atoms with van der Waals surface area (Å²) in [6, 6.07) is 10.9. The third-order valence-corrected chi connectivity index (χ3v) is 3.59. The third kappa shape index (κ3) is 2.78. The van der Waals surface area contributed by atoms with Crippen LogP contribution >= 0.6 is 11.6 Å². The van der Waals surface area contributed by atoms with Crippen LogP contribution in [0.15, 0.2) is 36.4 Å². The summed E-state index contributed by atoms with van der Waals surface area (Å²) in [7, 11) is 1.56. The Labute approximate surface area is 123 Å². The normalized spacial score (nSPS) is 10.2. The number of anilines is 1. The second-order valence-electron chi connectivity index (χ2n) is 4.52. The molecule has 0 aliphatic carbocycles. The van der Waals surface area contributed by atoms with Gasteiger partial charge in [-0.1, -0.05) is 29.8 Å². The van der Waals surface area contributed by atoms with E-state index in [0.29, 0.717) is 22.0 Å². The molecule has 0 saturated heterocycles. The topological polar surface area (TPSA) is 38.3 Å². The Morgan fingerprint density at radius 2 is 1.85 bits per heavy atom. The van der Waals surface area contributed by atoms with Gasteiger partial charge in [0.2, 0.25) is 0 Å². The number of halogens is 1. The Bertz CT molecular complexity index is 653. The van der Waals surface area contributed by atoms with Gasteiger partial charge in [-0.05, 0) is 43.2 Å². The molecule has 0 aliphatic rings. The van der Waals surface area contributed by atoms with Gasteiger partial charge in [0.05, 0.1) is 12.7 Å². The number of para-hydroxylation sites is 1. The van der Waals surface area contributed by atoms with Crippen LogP contribution in [0, 0.1) is 13.8 Å². The molecule has 1 amide bonds. The summed E-state index contributed by atoms with van der Waals surface area (Å²) < 4.78 is 5.30. The second-order valence-corrected chi connectivity index (χ2v) is 4.93. The van der Waals surface area contributed by atoms with Crippen molar-refractivity contribution < 1.29 is 9.53 Å². The average Bonchev–Trinajstić information content (AvgIpc) is 2.43. The van der Waals surface area contributed by atoms with Crippen molar-refractivity contribution >= 4 is 23.2 Å². The summed E-state index contributed by atoms with van der Waals surface area (Å²) in [5.74, 6) is 0.376. The molecule has 2 aromatic carbocycles. The van der Waals surface area contributed by atoms with Crippen LogP contribution in [-0.4, -0.2) is 13.0 Å². The van der Waals surface area contributed by atoms with Crippen molar-refractivity contribution in [1.29, 1.82) is 0 Å². The highest BCUT2D eigenvalue weighted by Gasteiger charge is 2.15. The van der Waals surface area contributed by atoms with Crippen LogP contribution < -0.4 is 10.1 Å². The van der Waals surface area contributed by atoms with Gasteiger partial charge in [-0.2, -0.15) is 0 Å². The summed E-state index contributed by atoms with van der Waals surface area (Å²) in [5, 5.41) is 3.49. The molecule has 1 N–H and O–H groups in total. The lowest BCUT2D eigenvalue weighted by atomic mass is 10.1. The number of carbonyl (C=O) groups is 1. The highest BCUT2D eigenvalue weighted by Crippen LogP contribution is 2.26. The minimum absolute atomic E-state index is 0.212. The lowest BCUT2D eigenvalue weighted by Crippen LogP contribution is -2.14. The molecule has 0 radical (unpaired) electrons. The van der Waals surface area contributed by atoms with Gasteiger partial charge < -0.3 is 10.1 Å². The maximum absolute atomic E-state index is 12.4. The fraction of sp³-hybridized carbons (Fsp3) is 0.188. The molecule has 0 fully saturated rings. The molecule has 0 spiro atoms. The zero-order valence-corrected chi connectivity index (χ0v) is 12.4. The number of amides is 1. The smallest absolute Gasteiger partial charge is 0.259 e. The quantitative estimate of drug-likeness (QED) is 0.919. The largest absolute Gasteiger partial charge is 0.496 e. The number of hydrogen-bond donors (Lipinski definition) is 1. The lowest BCUT2D eigenvalue weighted by Gasteiger charge is -2.13. The number of hydrogen-bond acceptors (Lipinski definition) is 2. The molecule has 3 nitrogen and oxygen atoms in total. The number of aryl methyl sites for hydroxylation is 1. The van der Waals surface area contributed by atoms with Crippen molar-refractivity contribution in [1.82, 2.24) is 0 Å². The summed E-state index contributed by atoms with van der Waals surface area (Å²) in [4.78, 5) is 12.4. The van der Waals surface area contributed by atoms with Crippen LogP contribution in [0.1, 0.15) is 21.5 Å². The number of ether oxygens (including phenoxy) is 1. The average molecular weight is 290 g/mol. The van der Waals surface area contributed by atoms with E-state index < -0.39 is 0 Å². The number of benzene rings is 2. The maximum Gasteiger partial charge on any atom is 0.259 e. The SMILES string of the molecule is COc1c(C)cccc1C(=O)Nc1cccc(Cl)c1C. The van der Waals surface area contributed by atoms with Gasteiger partial charge in [0, 0.05) is 10.7 Å². The van der Waals surface area contributed by atoms with Crippen molar-refractivity contribution in [2.45, 2.75) is 13.8 Å². The van der Waals surface area contributed by atoms with Crippen molar-refractivity contribution in [3.05, 3.63) is 58.1 Å². The first-order chi connectivity index (χ1) is 9.54. The van der Waals surface area contributed by atoms with Gasteiger partial charge in [-0.25, -0.2) is 0 Å². The molecular formula is C16H16ClNO2. The van der Waals surface area contributed by atoms with Gasteiger partial charge in [0.25, 0.3) is 5.91 Å². The second kappa shape index (κ2) is 5.97. The zero-order chi connectivity index (χ0) is 14.7. The van der Waals surface area contributed by atoms with Crippen LogP contribution in [0.25, 0.3) is 0 Å². The predicted molar refractivity (Wildman–Crippen MR) is 81.9 cm³/mol. The molecule has 20 heavy (non-hydrogen) atoms. The minimum atomic E-state index is -0.212. The molecule has 2 aromatic rings. The number of rotatable bonds is 3. The maximum atomic E-state index is 12.4. The van der Waals surface area contributed by atoms with Crippen LogP contribution in [0.4, 0.5) is 5.69 Å². The summed E-state index contributed by atoms with van der Waals surface area (Å²) in [6.45, 7) is 3.77. The van der Waals surface area contributed by atoms with Gasteiger partial charge in [0.1, 0.15) is 5.75 Å². The lowest BCUT2D eigenvalue weighted by molar-refractivity contribution is 0.102. The van der Waals surface area contributed by atoms with E-state index >= 15 is 0 Å². The Morgan fingerprint density at radius 1 is 1.15 bits per heavy atom. The minimum Gasteiger partial charge on any atom is -0.496 e. The standard InChI is InChI=1S/C16H16ClNO2/c1-10-6-4-7-12(15(10)20-3)16(19)18-14-9-5-8-13(17)11(14)2/h4-9H,1-3H3,(H,18,19). The van der Waals surface area contributed by atoms with Crippen LogP contribution in [0.2, 0.25) is 5.02 Å². The Hall–Kier alpha value is -2.00. The fourth-order valence-electron chi connectivity index (χ4n) is 2.03. The van der Waals surface area contributed by atoms with Gasteiger partial charge in [0.15, 0.2) is 0 Å². The summed E-state index contributed by atoms with van der Waals surface area (Å²) in [6.07, 6.45) is 0. The van der Waals surface area contributed by atoms with Crippen LogP contribution in [0.5, 0.6) is 5.75 Å². The molecule has 4 heteroatoms. The Balaban J connectivity index is 2.34. The van der Waals surface area contributed by atoms with E-state index in [1.165, 1.54) is 0 Å². The van der Waals surface area contributed by atoms with E-state index in [4.69, 9.17) is 16.3 Å². The van der Waals surface area contributed by atoms with E-state index in [-0.39, 0.29) is 5.91 Å². The van der Waals surface area contributed by atoms with E-state index in [0.717, 1.165) is 11.1 Å². The van der Waals surface area contributed by atoms with Crippen molar-refractivity contribution in [3.8, 4) is 5.75 Å². The van der Waals surface area contributed by atoms with E-state index in [9.17, 15) is 4.79 Å². The Kier molecular flexibility index (Phi) is 4.30. The molecule has 0 saturated carbocycles. The van der Waals surface area contributed by atoms with Crippen molar-refractivity contribution in [3.63, 3.8) is 0 Å². The monoisotopic (exact) mass is 289 g/mol. The molecular weight excluding hydrogens is 274 g/mol. The first-order valence-corrected chi connectivity index (χ1v) is 6.62. The molecule has 0 unspecified atom stereocenters. The fourth-order valence-corrected chi connectivity index (χ4v) is 2.21. The van der Waals surface area contributed by atoms with Crippen molar-refractivity contribution in [2.75, 3.05) is 12.4 Å². The first kappa shape index (κ1) is 14.4. The molecule has 0 atom stereocenters. The van der Waals surface area contributed by atoms with E-state index in [1.54, 1.807) is 25.3 Å². The third-order valence-electron chi connectivity index (χ3n) is 3.18. The number of nitrogens with one attached hydrogen (secondary N) is 1. The predicted octanol–water partition coefficient (Wildman–Crippen LogP) is 4.22. The highest BCUT2D eigenvalue weighted by atomic mass is 35.5. The van der Waals surface area contributed by atoms with Gasteiger partial charge in [-0.3, -0.25) is 4.79 Å². The van der Waals surface area contributed by atoms with E-state index in [2.05, 4.69) is 5.32 Å². The van der Waals surface area contributed by atoms with Crippen LogP contribution in [-0.2, 0) is 0 Å². The summed E-state index contributed by atoms with van der Waals surface area (Å²) >= 11 is 6.05. The van der Waals surface area contributed by atoms with Crippen molar-refractivity contribution in [2.24, 2.45) is 0 Å². The van der Waals surface area contributed by atoms with Crippen LogP contribution in [0.3, 0.4) is 0 Å². The first-order valence-electron chi connectivity index (χ1n) is 6.24. The summed E-state index contributed by atoms with van der Waals surface area (Å²) in [5.41, 5.74) is 2.97. The molecule has 2 rings (SSSR count). The Morgan fingerprint density at radius 3 is 2.55 bits per heavy atom. The number of methoxy groups -OCH3 is 1. The van der Waals surface area contributed by atoms with E-state index in [1.807, 2.05) is 32.0 Å². The zero-order valence-electron chi connectivity index (χ0n) is 11.7.